The summed E-state index contributed by atoms with van der Waals surface area (Å²) in [7, 11) is -0.902. The second-order valence-corrected chi connectivity index (χ2v) is 14.7. The molecular formula is C22H40OSi. The molecule has 2 heteroatoms. The maximum absolute atomic E-state index is 5.65. The molecule has 1 atom stereocenters. The van der Waals surface area contributed by atoms with E-state index in [4.69, 9.17) is 4.74 Å². The molecule has 138 valence electrons. The van der Waals surface area contributed by atoms with Crippen molar-refractivity contribution in [1.29, 1.82) is 0 Å². The van der Waals surface area contributed by atoms with Crippen LogP contribution in [0.2, 0.25) is 25.7 Å². The molecule has 1 heterocycles. The molecule has 1 nitrogen and oxygen atoms in total. The van der Waals surface area contributed by atoms with Gasteiger partial charge in [0.2, 0.25) is 0 Å². The fourth-order valence-electron chi connectivity index (χ4n) is 2.83. The van der Waals surface area contributed by atoms with Crippen LogP contribution < -0.4 is 0 Å². The van der Waals surface area contributed by atoms with Gasteiger partial charge in [-0.2, -0.15) is 0 Å². The molecule has 0 aromatic rings. The van der Waals surface area contributed by atoms with Crippen molar-refractivity contribution in [3.05, 3.63) is 35.5 Å². The minimum atomic E-state index is -0.902. The number of rotatable bonds is 11. The summed E-state index contributed by atoms with van der Waals surface area (Å²) in [6, 6.07) is 1.31. The lowest BCUT2D eigenvalue weighted by Crippen LogP contribution is -2.17. The molecule has 0 saturated carbocycles. The number of epoxide rings is 1. The molecule has 1 fully saturated rings. The summed E-state index contributed by atoms with van der Waals surface area (Å²) in [5, 5.41) is 0. The molecule has 0 N–H and O–H groups in total. The average molecular weight is 349 g/mol. The summed E-state index contributed by atoms with van der Waals surface area (Å²) in [6.45, 7) is 16.2. The summed E-state index contributed by atoms with van der Waals surface area (Å²) < 4.78 is 5.65. The van der Waals surface area contributed by atoms with E-state index in [0.717, 1.165) is 0 Å². The smallest absolute Gasteiger partial charge is 0.0892 e. The zero-order valence-electron chi connectivity index (χ0n) is 17.2. The summed E-state index contributed by atoms with van der Waals surface area (Å²) in [6.07, 6.45) is 17.2. The van der Waals surface area contributed by atoms with E-state index in [-0.39, 0.29) is 5.60 Å². The topological polar surface area (TPSA) is 12.5 Å². The molecule has 1 aliphatic heterocycles. The highest BCUT2D eigenvalue weighted by Gasteiger charge is 2.46. The van der Waals surface area contributed by atoms with E-state index in [1.54, 1.807) is 0 Å². The van der Waals surface area contributed by atoms with Gasteiger partial charge in [0.05, 0.1) is 11.7 Å². The Morgan fingerprint density at radius 1 is 0.917 bits per heavy atom. The average Bonchev–Trinajstić information content (AvgIpc) is 3.06. The third-order valence-electron chi connectivity index (χ3n) is 4.72. The Kier molecular flexibility index (Phi) is 8.73. The van der Waals surface area contributed by atoms with Crippen molar-refractivity contribution in [1.82, 2.24) is 0 Å². The van der Waals surface area contributed by atoms with Crippen LogP contribution in [0.3, 0.4) is 0 Å². The Labute approximate surface area is 152 Å². The van der Waals surface area contributed by atoms with Crippen LogP contribution in [0.5, 0.6) is 0 Å². The van der Waals surface area contributed by atoms with Gasteiger partial charge < -0.3 is 4.74 Å². The second kappa shape index (κ2) is 9.77. The van der Waals surface area contributed by atoms with E-state index >= 15 is 0 Å². The lowest BCUT2D eigenvalue weighted by Gasteiger charge is -2.11. The van der Waals surface area contributed by atoms with Gasteiger partial charge in [-0.1, -0.05) is 55.1 Å². The van der Waals surface area contributed by atoms with Crippen molar-refractivity contribution in [2.75, 3.05) is 0 Å². The van der Waals surface area contributed by atoms with Crippen LogP contribution in [0.4, 0.5) is 0 Å². The van der Waals surface area contributed by atoms with Gasteiger partial charge in [0, 0.05) is 8.07 Å². The van der Waals surface area contributed by atoms with Crippen molar-refractivity contribution in [3.63, 3.8) is 0 Å². The predicted molar refractivity (Wildman–Crippen MR) is 111 cm³/mol. The molecule has 0 aromatic heterocycles. The Hall–Kier alpha value is -0.603. The maximum atomic E-state index is 5.65. The Bertz CT molecular complexity index is 463. The zero-order valence-corrected chi connectivity index (χ0v) is 18.2. The highest BCUT2D eigenvalue weighted by atomic mass is 28.3. The SMILES string of the molecule is C/C(=C\CC/C=C/C[Si](C)(C)C)CC/C=C(\C)CCC1OC1(C)C. The monoisotopic (exact) mass is 348 g/mol. The summed E-state index contributed by atoms with van der Waals surface area (Å²) >= 11 is 0. The third-order valence-corrected chi connectivity index (χ3v) is 6.18. The van der Waals surface area contributed by atoms with Gasteiger partial charge in [-0.05, 0) is 72.3 Å². The first kappa shape index (κ1) is 21.4. The van der Waals surface area contributed by atoms with Crippen LogP contribution in [0.1, 0.15) is 66.2 Å². The van der Waals surface area contributed by atoms with Crippen molar-refractivity contribution in [2.24, 2.45) is 0 Å². The highest BCUT2D eigenvalue weighted by Crippen LogP contribution is 2.38. The second-order valence-electron chi connectivity index (χ2n) is 9.20. The van der Waals surface area contributed by atoms with Crippen molar-refractivity contribution >= 4 is 8.07 Å². The molecule has 0 bridgehead atoms. The first-order valence-electron chi connectivity index (χ1n) is 9.74. The molecule has 1 saturated heterocycles. The maximum Gasteiger partial charge on any atom is 0.0892 e. The minimum absolute atomic E-state index is 0.142. The van der Waals surface area contributed by atoms with Crippen LogP contribution in [0.25, 0.3) is 0 Å². The summed E-state index contributed by atoms with van der Waals surface area (Å²) in [5.41, 5.74) is 3.19. The fourth-order valence-corrected chi connectivity index (χ4v) is 3.70. The van der Waals surface area contributed by atoms with Crippen molar-refractivity contribution < 1.29 is 4.74 Å². The Morgan fingerprint density at radius 3 is 2.08 bits per heavy atom. The van der Waals surface area contributed by atoms with Crippen LogP contribution >= 0.6 is 0 Å². The van der Waals surface area contributed by atoms with E-state index in [1.807, 2.05) is 0 Å². The van der Waals surface area contributed by atoms with Crippen LogP contribution in [-0.4, -0.2) is 19.8 Å². The lowest BCUT2D eigenvalue weighted by atomic mass is 10.0. The summed E-state index contributed by atoms with van der Waals surface area (Å²) in [5.74, 6) is 0. The molecule has 0 aliphatic carbocycles. The van der Waals surface area contributed by atoms with Crippen molar-refractivity contribution in [3.8, 4) is 0 Å². The molecule has 0 radical (unpaired) electrons. The standard InChI is InChI=1S/C22H40OSi/c1-19(13-10-8-9-11-18-24(5,6)7)14-12-15-20(2)16-17-21-22(3,4)23-21/h9,11,13,15,21H,8,10,12,14,16-18H2,1-7H3/b11-9+,19-13+,20-15+. The van der Waals surface area contributed by atoms with Crippen LogP contribution in [-0.2, 0) is 4.74 Å². The zero-order chi connectivity index (χ0) is 18.2. The molecule has 0 aromatic carbocycles. The van der Waals surface area contributed by atoms with Gasteiger partial charge in [0.15, 0.2) is 0 Å². The van der Waals surface area contributed by atoms with Crippen LogP contribution in [0.15, 0.2) is 35.5 Å². The van der Waals surface area contributed by atoms with E-state index < -0.39 is 8.07 Å². The summed E-state index contributed by atoms with van der Waals surface area (Å²) in [4.78, 5) is 0. The van der Waals surface area contributed by atoms with Gasteiger partial charge in [-0.3, -0.25) is 0 Å². The van der Waals surface area contributed by atoms with Gasteiger partial charge in [0.1, 0.15) is 0 Å². The molecule has 24 heavy (non-hydrogen) atoms. The fraction of sp³-hybridized carbons (Fsp3) is 0.727. The number of ether oxygens (including phenoxy) is 1. The van der Waals surface area contributed by atoms with Crippen molar-refractivity contribution in [2.45, 2.75) is 104 Å². The number of allylic oxidation sites excluding steroid dienone is 6. The molecule has 0 amide bonds. The van der Waals surface area contributed by atoms with Gasteiger partial charge in [0.25, 0.3) is 0 Å². The predicted octanol–water partition coefficient (Wildman–Crippen LogP) is 7.29. The number of hydrogen-bond donors (Lipinski definition) is 0. The molecule has 0 spiro atoms. The van der Waals surface area contributed by atoms with E-state index in [2.05, 4.69) is 71.6 Å². The van der Waals surface area contributed by atoms with Crippen LogP contribution in [0, 0.1) is 0 Å². The quantitative estimate of drug-likeness (QED) is 0.165. The highest BCUT2D eigenvalue weighted by molar-refractivity contribution is 6.76. The van der Waals surface area contributed by atoms with E-state index in [0.29, 0.717) is 6.10 Å². The normalized spacial score (nSPS) is 21.5. The first-order chi connectivity index (χ1) is 11.1. The molecule has 1 aliphatic rings. The lowest BCUT2D eigenvalue weighted by molar-refractivity contribution is 0.320. The van der Waals surface area contributed by atoms with Gasteiger partial charge >= 0.3 is 0 Å². The van der Waals surface area contributed by atoms with E-state index in [1.165, 1.54) is 55.7 Å². The minimum Gasteiger partial charge on any atom is -0.367 e. The number of hydrogen-bond acceptors (Lipinski definition) is 1. The Balaban J connectivity index is 2.11. The number of unbranched alkanes of at least 4 members (excludes halogenated alkanes) is 1. The third kappa shape index (κ3) is 10.3. The first-order valence-corrected chi connectivity index (χ1v) is 13.4. The largest absolute Gasteiger partial charge is 0.367 e. The Morgan fingerprint density at radius 2 is 1.50 bits per heavy atom. The van der Waals surface area contributed by atoms with Gasteiger partial charge in [-0.25, -0.2) is 0 Å². The molecular weight excluding hydrogens is 308 g/mol. The van der Waals surface area contributed by atoms with Gasteiger partial charge in [-0.15, -0.1) is 0 Å². The van der Waals surface area contributed by atoms with E-state index in [9.17, 15) is 0 Å². The molecule has 1 unspecified atom stereocenters. The molecule has 1 rings (SSSR count).